The van der Waals surface area contributed by atoms with Crippen LogP contribution in [-0.4, -0.2) is 18.0 Å². The van der Waals surface area contributed by atoms with Crippen LogP contribution in [0.25, 0.3) is 0 Å². The molecule has 0 aromatic heterocycles. The first-order valence-electron chi connectivity index (χ1n) is 9.58. The Balaban J connectivity index is 1.66. The molecule has 0 saturated heterocycles. The summed E-state index contributed by atoms with van der Waals surface area (Å²) in [6.45, 7) is 1.47. The van der Waals surface area contributed by atoms with Crippen LogP contribution in [-0.2, 0) is 6.42 Å². The van der Waals surface area contributed by atoms with Gasteiger partial charge in [-0.25, -0.2) is 0 Å². The second kappa shape index (κ2) is 10.5. The molecule has 0 unspecified atom stereocenters. The quantitative estimate of drug-likeness (QED) is 0.251. The van der Waals surface area contributed by atoms with Crippen molar-refractivity contribution in [3.8, 4) is 6.07 Å². The number of azo groups is 1. The topological polar surface area (TPSA) is 94.9 Å². The number of benzene rings is 3. The third-order valence-electron chi connectivity index (χ3n) is 4.56. The molecular weight excluding hydrogens is 378 g/mol. The first-order chi connectivity index (χ1) is 14.7. The Hall–Kier alpha value is -4.05. The summed E-state index contributed by atoms with van der Waals surface area (Å²) in [6, 6.07) is 26.0. The third-order valence-corrected chi connectivity index (χ3v) is 4.56. The minimum atomic E-state index is -0.449. The summed E-state index contributed by atoms with van der Waals surface area (Å²) in [4.78, 5) is 12.4. The second-order valence-corrected chi connectivity index (χ2v) is 6.62. The van der Waals surface area contributed by atoms with Gasteiger partial charge in [0.2, 0.25) is 0 Å². The van der Waals surface area contributed by atoms with E-state index in [-0.39, 0.29) is 5.69 Å². The summed E-state index contributed by atoms with van der Waals surface area (Å²) in [5.41, 5.74) is 3.53. The van der Waals surface area contributed by atoms with E-state index < -0.39 is 4.92 Å². The average molecular weight is 399 g/mol. The maximum atomic E-state index is 10.7. The maximum absolute atomic E-state index is 10.7. The first kappa shape index (κ1) is 20.7. The average Bonchev–Trinajstić information content (AvgIpc) is 2.79. The molecule has 0 N–H and O–H groups in total. The van der Waals surface area contributed by atoms with Crippen LogP contribution in [0.3, 0.4) is 0 Å². The Bertz CT molecular complexity index is 1030. The fraction of sp³-hybridized carbons (Fsp3) is 0.174. The van der Waals surface area contributed by atoms with Gasteiger partial charge in [-0.3, -0.25) is 10.1 Å². The van der Waals surface area contributed by atoms with E-state index in [4.69, 9.17) is 5.26 Å². The third kappa shape index (κ3) is 5.97. The van der Waals surface area contributed by atoms with Crippen molar-refractivity contribution >= 4 is 22.7 Å². The Morgan fingerprint density at radius 3 is 2.03 bits per heavy atom. The van der Waals surface area contributed by atoms with Crippen LogP contribution in [0, 0.1) is 21.4 Å². The zero-order chi connectivity index (χ0) is 21.2. The fourth-order valence-corrected chi connectivity index (χ4v) is 2.95. The zero-order valence-electron chi connectivity index (χ0n) is 16.4. The molecule has 0 saturated carbocycles. The van der Waals surface area contributed by atoms with E-state index in [0.717, 1.165) is 18.7 Å². The van der Waals surface area contributed by atoms with E-state index in [2.05, 4.69) is 33.3 Å². The summed E-state index contributed by atoms with van der Waals surface area (Å²) in [7, 11) is 0. The summed E-state index contributed by atoms with van der Waals surface area (Å²) in [6.07, 6.45) is 1.35. The largest absolute Gasteiger partial charge is 0.370 e. The van der Waals surface area contributed by atoms with Gasteiger partial charge in [0.05, 0.1) is 28.8 Å². The van der Waals surface area contributed by atoms with Crippen molar-refractivity contribution in [2.45, 2.75) is 12.8 Å². The smallest absolute Gasteiger partial charge is 0.269 e. The van der Waals surface area contributed by atoms with Gasteiger partial charge in [-0.15, -0.1) is 0 Å². The maximum Gasteiger partial charge on any atom is 0.269 e. The Labute approximate surface area is 175 Å². The van der Waals surface area contributed by atoms with Gasteiger partial charge in [0.25, 0.3) is 5.69 Å². The lowest BCUT2D eigenvalue weighted by atomic mass is 10.1. The summed E-state index contributed by atoms with van der Waals surface area (Å²) >= 11 is 0. The molecule has 0 amide bonds. The van der Waals surface area contributed by atoms with E-state index >= 15 is 0 Å². The number of nitrogens with zero attached hydrogens (tertiary/aromatic N) is 5. The Kier molecular flexibility index (Phi) is 7.23. The van der Waals surface area contributed by atoms with E-state index in [9.17, 15) is 10.1 Å². The van der Waals surface area contributed by atoms with Gasteiger partial charge in [0.15, 0.2) is 0 Å². The van der Waals surface area contributed by atoms with Gasteiger partial charge in [-0.05, 0) is 48.4 Å². The molecule has 0 heterocycles. The summed E-state index contributed by atoms with van der Waals surface area (Å²) in [5, 5.41) is 28.0. The van der Waals surface area contributed by atoms with Crippen LogP contribution in [0.5, 0.6) is 0 Å². The van der Waals surface area contributed by atoms with Crippen LogP contribution in [0.1, 0.15) is 12.0 Å². The predicted octanol–water partition coefficient (Wildman–Crippen LogP) is 5.97. The molecule has 7 nitrogen and oxygen atoms in total. The van der Waals surface area contributed by atoms with Crippen molar-refractivity contribution in [1.29, 1.82) is 5.26 Å². The van der Waals surface area contributed by atoms with Crippen LogP contribution in [0.15, 0.2) is 89.1 Å². The normalized spacial score (nSPS) is 10.6. The monoisotopic (exact) mass is 399 g/mol. The molecule has 0 atom stereocenters. The number of hydrogen-bond donors (Lipinski definition) is 0. The van der Waals surface area contributed by atoms with Gasteiger partial charge in [-0.1, -0.05) is 30.3 Å². The molecule has 0 aliphatic rings. The molecule has 0 spiro atoms. The van der Waals surface area contributed by atoms with Crippen molar-refractivity contribution in [1.82, 2.24) is 0 Å². The van der Waals surface area contributed by atoms with Gasteiger partial charge < -0.3 is 4.90 Å². The highest BCUT2D eigenvalue weighted by molar-refractivity contribution is 5.53. The van der Waals surface area contributed by atoms with Gasteiger partial charge >= 0.3 is 0 Å². The highest BCUT2D eigenvalue weighted by Gasteiger charge is 2.07. The molecule has 0 radical (unpaired) electrons. The van der Waals surface area contributed by atoms with Crippen molar-refractivity contribution in [3.63, 3.8) is 0 Å². The van der Waals surface area contributed by atoms with E-state index in [0.29, 0.717) is 24.3 Å². The second-order valence-electron chi connectivity index (χ2n) is 6.62. The molecule has 0 bridgehead atoms. The Morgan fingerprint density at radius 2 is 1.47 bits per heavy atom. The van der Waals surface area contributed by atoms with Crippen LogP contribution >= 0.6 is 0 Å². The minimum Gasteiger partial charge on any atom is -0.370 e. The van der Waals surface area contributed by atoms with Gasteiger partial charge in [0.1, 0.15) is 0 Å². The number of rotatable bonds is 9. The number of hydrogen-bond acceptors (Lipinski definition) is 6. The number of non-ortho nitro benzene ring substituents is 1. The molecule has 7 heteroatoms. The first-order valence-corrected chi connectivity index (χ1v) is 9.58. The minimum absolute atomic E-state index is 0.0197. The molecule has 0 aliphatic heterocycles. The van der Waals surface area contributed by atoms with Crippen LogP contribution in [0.2, 0.25) is 0 Å². The van der Waals surface area contributed by atoms with Crippen molar-refractivity contribution < 1.29 is 4.92 Å². The number of nitriles is 1. The lowest BCUT2D eigenvalue weighted by Gasteiger charge is -2.24. The number of anilines is 1. The van der Waals surface area contributed by atoms with Crippen molar-refractivity contribution in [3.05, 3.63) is 94.5 Å². The SMILES string of the molecule is N#CCCN(CCc1ccccc1)c1ccc(N=Nc2ccc([N+](=O)[O-])cc2)cc1. The molecule has 0 fully saturated rings. The van der Waals surface area contributed by atoms with E-state index in [1.807, 2.05) is 42.5 Å². The molecule has 0 aliphatic carbocycles. The number of nitro benzene ring substituents is 1. The molecule has 3 aromatic rings. The molecule has 3 rings (SSSR count). The predicted molar refractivity (Wildman–Crippen MR) is 116 cm³/mol. The van der Waals surface area contributed by atoms with Gasteiger partial charge in [-0.2, -0.15) is 15.5 Å². The van der Waals surface area contributed by atoms with Crippen LogP contribution in [0.4, 0.5) is 22.7 Å². The van der Waals surface area contributed by atoms with Crippen molar-refractivity contribution in [2.24, 2.45) is 10.2 Å². The lowest BCUT2D eigenvalue weighted by molar-refractivity contribution is -0.384. The number of nitro groups is 1. The molecule has 150 valence electrons. The molecule has 3 aromatic carbocycles. The van der Waals surface area contributed by atoms with Crippen LogP contribution < -0.4 is 4.90 Å². The highest BCUT2D eigenvalue weighted by Crippen LogP contribution is 2.24. The molecular formula is C23H21N5O2. The highest BCUT2D eigenvalue weighted by atomic mass is 16.6. The van der Waals surface area contributed by atoms with Crippen molar-refractivity contribution in [2.75, 3.05) is 18.0 Å². The fourth-order valence-electron chi connectivity index (χ4n) is 2.95. The zero-order valence-corrected chi connectivity index (χ0v) is 16.4. The summed E-state index contributed by atoms with van der Waals surface area (Å²) < 4.78 is 0. The summed E-state index contributed by atoms with van der Waals surface area (Å²) in [5.74, 6) is 0. The van der Waals surface area contributed by atoms with E-state index in [1.54, 1.807) is 12.1 Å². The van der Waals surface area contributed by atoms with E-state index in [1.165, 1.54) is 17.7 Å². The lowest BCUT2D eigenvalue weighted by Crippen LogP contribution is -2.26. The standard InChI is InChI=1S/C23H21N5O2/c24-16-4-17-27(18-15-19-5-2-1-3-6-19)22-11-7-20(8-12-22)25-26-21-9-13-23(14-10-21)28(29)30/h1-3,5-14H,4,15,17-18H2. The molecule has 30 heavy (non-hydrogen) atoms. The Morgan fingerprint density at radius 1 is 0.867 bits per heavy atom. The van der Waals surface area contributed by atoms with Gasteiger partial charge in [0, 0.05) is 30.9 Å².